The summed E-state index contributed by atoms with van der Waals surface area (Å²) in [4.78, 5) is 25.0. The average Bonchev–Trinajstić information content (AvgIpc) is 3.00. The number of hydrazine groups is 1. The van der Waals surface area contributed by atoms with E-state index in [0.717, 1.165) is 5.56 Å². The summed E-state index contributed by atoms with van der Waals surface area (Å²) in [6, 6.07) is 15.7. The van der Waals surface area contributed by atoms with Crippen molar-refractivity contribution in [2.24, 2.45) is 4.40 Å². The number of benzene rings is 2. The fourth-order valence-corrected chi connectivity index (χ4v) is 4.31. The number of carbonyl (C=O) groups is 2. The van der Waals surface area contributed by atoms with E-state index in [1.165, 1.54) is 17.2 Å². The summed E-state index contributed by atoms with van der Waals surface area (Å²) in [6.45, 7) is 5.63. The van der Waals surface area contributed by atoms with Gasteiger partial charge in [0.05, 0.1) is 0 Å². The largest absolute Gasteiger partial charge is 0.351 e. The predicted molar refractivity (Wildman–Crippen MR) is 123 cm³/mol. The molecule has 9 heteroatoms. The zero-order valence-corrected chi connectivity index (χ0v) is 19.0. The Bertz CT molecular complexity index is 1170. The van der Waals surface area contributed by atoms with Gasteiger partial charge in [-0.25, -0.2) is 0 Å². The van der Waals surface area contributed by atoms with Crippen LogP contribution in [0.5, 0.6) is 0 Å². The molecule has 0 spiro atoms. The smallest absolute Gasteiger partial charge is 0.285 e. The first kappa shape index (κ1) is 23.2. The van der Waals surface area contributed by atoms with Crippen molar-refractivity contribution in [1.29, 1.82) is 0 Å². The zero-order valence-electron chi connectivity index (χ0n) is 18.2. The van der Waals surface area contributed by atoms with Gasteiger partial charge in [0.15, 0.2) is 5.84 Å². The third-order valence-electron chi connectivity index (χ3n) is 4.42. The van der Waals surface area contributed by atoms with Crippen LogP contribution in [0.1, 0.15) is 38.3 Å². The number of sulfonamides is 1. The normalized spacial score (nSPS) is 14.5. The van der Waals surface area contributed by atoms with E-state index in [-0.39, 0.29) is 29.6 Å². The molecule has 0 bridgehead atoms. The van der Waals surface area contributed by atoms with E-state index in [0.29, 0.717) is 5.56 Å². The van der Waals surface area contributed by atoms with Crippen LogP contribution in [0.25, 0.3) is 6.08 Å². The molecule has 0 radical (unpaired) electrons. The van der Waals surface area contributed by atoms with Gasteiger partial charge in [0.1, 0.15) is 4.90 Å². The summed E-state index contributed by atoms with van der Waals surface area (Å²) in [5.41, 5.74) is 3.46. The molecule has 168 valence electrons. The van der Waals surface area contributed by atoms with Crippen LogP contribution in [0.15, 0.2) is 70.0 Å². The van der Waals surface area contributed by atoms with Crippen molar-refractivity contribution in [3.8, 4) is 0 Å². The number of amidine groups is 1. The molecule has 1 aliphatic rings. The minimum atomic E-state index is -3.88. The third-order valence-corrected chi connectivity index (χ3v) is 5.74. The monoisotopic (exact) mass is 454 g/mol. The highest BCUT2D eigenvalue weighted by atomic mass is 32.2. The molecule has 1 aliphatic heterocycles. The van der Waals surface area contributed by atoms with Gasteiger partial charge in [0.25, 0.3) is 15.9 Å². The summed E-state index contributed by atoms with van der Waals surface area (Å²) in [5, 5.41) is 4.16. The Kier molecular flexibility index (Phi) is 6.78. The van der Waals surface area contributed by atoms with Crippen molar-refractivity contribution in [3.63, 3.8) is 0 Å². The summed E-state index contributed by atoms with van der Waals surface area (Å²) in [6.07, 6.45) is 3.01. The highest BCUT2D eigenvalue weighted by molar-refractivity contribution is 7.90. The molecule has 0 atom stereocenters. The first-order valence-electron chi connectivity index (χ1n) is 10.1. The number of rotatable bonds is 5. The number of carbonyl (C=O) groups excluding carboxylic acids is 2. The summed E-state index contributed by atoms with van der Waals surface area (Å²) < 4.78 is 28.8. The number of fused-ring (bicyclic) bond motifs is 1. The van der Waals surface area contributed by atoms with Crippen LogP contribution in [0, 0.1) is 0 Å². The van der Waals surface area contributed by atoms with Crippen molar-refractivity contribution < 1.29 is 18.0 Å². The molecule has 2 amide bonds. The van der Waals surface area contributed by atoms with Gasteiger partial charge in [0.2, 0.25) is 5.91 Å². The van der Waals surface area contributed by atoms with Crippen molar-refractivity contribution in [2.45, 2.75) is 37.6 Å². The Morgan fingerprint density at radius 3 is 2.38 bits per heavy atom. The number of amides is 2. The molecule has 0 aromatic heterocycles. The Morgan fingerprint density at radius 2 is 1.69 bits per heavy atom. The second kappa shape index (κ2) is 9.35. The number of nitrogens with zero attached hydrogens (tertiary/aromatic N) is 2. The predicted octanol–water partition coefficient (Wildman–Crippen LogP) is 2.49. The lowest BCUT2D eigenvalue weighted by Crippen LogP contribution is -2.48. The van der Waals surface area contributed by atoms with Crippen LogP contribution in [-0.2, 0) is 19.6 Å². The molecule has 0 unspecified atom stereocenters. The van der Waals surface area contributed by atoms with E-state index in [1.54, 1.807) is 24.3 Å². The first-order valence-corrected chi connectivity index (χ1v) is 11.6. The quantitative estimate of drug-likeness (QED) is 0.533. The Balaban J connectivity index is 1.83. The van der Waals surface area contributed by atoms with E-state index < -0.39 is 21.5 Å². The standard InChI is InChI=1S/C23H26N4O4S/c1-23(2,3)24-20(28)15-16-27(25-21(29)14-13-17-9-5-4-6-10-17)22-18-11-7-8-12-19(18)32(30,31)26-22/h4-14H,15-16H2,1-3H3,(H,24,28)(H,25,29). The van der Waals surface area contributed by atoms with Crippen molar-refractivity contribution in [1.82, 2.24) is 15.8 Å². The maximum atomic E-state index is 12.6. The number of hydrogen-bond donors (Lipinski definition) is 2. The van der Waals surface area contributed by atoms with Gasteiger partial charge in [-0.2, -0.15) is 8.42 Å². The van der Waals surface area contributed by atoms with Crippen molar-refractivity contribution in [2.75, 3.05) is 6.54 Å². The average molecular weight is 455 g/mol. The topological polar surface area (TPSA) is 108 Å². The molecule has 2 aromatic carbocycles. The molecule has 2 N–H and O–H groups in total. The molecule has 3 rings (SSSR count). The van der Waals surface area contributed by atoms with Gasteiger partial charge in [-0.15, -0.1) is 4.40 Å². The number of nitrogens with one attached hydrogen (secondary N) is 2. The van der Waals surface area contributed by atoms with E-state index >= 15 is 0 Å². The highest BCUT2D eigenvalue weighted by Crippen LogP contribution is 2.27. The number of hydrogen-bond acceptors (Lipinski definition) is 5. The molecule has 0 fully saturated rings. The first-order chi connectivity index (χ1) is 15.0. The van der Waals surface area contributed by atoms with Crippen LogP contribution in [0.4, 0.5) is 0 Å². The van der Waals surface area contributed by atoms with Gasteiger partial charge in [-0.1, -0.05) is 42.5 Å². The molecule has 0 aliphatic carbocycles. The Morgan fingerprint density at radius 1 is 1.03 bits per heavy atom. The molecular weight excluding hydrogens is 428 g/mol. The van der Waals surface area contributed by atoms with E-state index in [4.69, 9.17) is 0 Å². The van der Waals surface area contributed by atoms with E-state index in [2.05, 4.69) is 15.1 Å². The van der Waals surface area contributed by atoms with Gasteiger partial charge in [0, 0.05) is 30.1 Å². The van der Waals surface area contributed by atoms with Crippen molar-refractivity contribution in [3.05, 3.63) is 71.8 Å². The fraction of sp³-hybridized carbons (Fsp3) is 0.261. The second-order valence-electron chi connectivity index (χ2n) is 8.31. The van der Waals surface area contributed by atoms with Gasteiger partial charge in [-0.3, -0.25) is 20.0 Å². The molecule has 0 saturated heterocycles. The minimum absolute atomic E-state index is 0.0290. The Labute approximate surface area is 188 Å². The van der Waals surface area contributed by atoms with Gasteiger partial charge < -0.3 is 5.32 Å². The molecule has 2 aromatic rings. The van der Waals surface area contributed by atoms with Crippen LogP contribution >= 0.6 is 0 Å². The second-order valence-corrected chi connectivity index (χ2v) is 9.88. The molecule has 1 heterocycles. The summed E-state index contributed by atoms with van der Waals surface area (Å²) in [7, 11) is -3.88. The van der Waals surface area contributed by atoms with Crippen LogP contribution in [-0.4, -0.2) is 43.2 Å². The molecular formula is C23H26N4O4S. The Hall–Kier alpha value is -3.46. The van der Waals surface area contributed by atoms with Crippen LogP contribution < -0.4 is 10.7 Å². The minimum Gasteiger partial charge on any atom is -0.351 e. The van der Waals surface area contributed by atoms with Gasteiger partial charge >= 0.3 is 0 Å². The van der Waals surface area contributed by atoms with Crippen LogP contribution in [0.2, 0.25) is 0 Å². The van der Waals surface area contributed by atoms with Crippen molar-refractivity contribution >= 4 is 33.7 Å². The van der Waals surface area contributed by atoms with Gasteiger partial charge in [-0.05, 0) is 44.5 Å². The zero-order chi connectivity index (χ0) is 23.4. The summed E-state index contributed by atoms with van der Waals surface area (Å²) >= 11 is 0. The molecule has 32 heavy (non-hydrogen) atoms. The molecule has 8 nitrogen and oxygen atoms in total. The lowest BCUT2D eigenvalue weighted by atomic mass is 10.1. The SMILES string of the molecule is CC(C)(C)NC(=O)CCN(NC(=O)C=Cc1ccccc1)C1=NS(=O)(=O)c2ccccc21. The molecule has 0 saturated carbocycles. The van der Waals surface area contributed by atoms with Crippen LogP contribution in [0.3, 0.4) is 0 Å². The maximum absolute atomic E-state index is 12.6. The third kappa shape index (κ3) is 6.04. The maximum Gasteiger partial charge on any atom is 0.285 e. The van der Waals surface area contributed by atoms with E-state index in [9.17, 15) is 18.0 Å². The lowest BCUT2D eigenvalue weighted by Gasteiger charge is -2.26. The summed E-state index contributed by atoms with van der Waals surface area (Å²) in [5.74, 6) is -0.633. The van der Waals surface area contributed by atoms with E-state index in [1.807, 2.05) is 51.1 Å². The fourth-order valence-electron chi connectivity index (χ4n) is 3.10. The highest BCUT2D eigenvalue weighted by Gasteiger charge is 2.32. The lowest BCUT2D eigenvalue weighted by molar-refractivity contribution is -0.124.